The van der Waals surface area contributed by atoms with Gasteiger partial charge in [0, 0.05) is 32.8 Å². The Morgan fingerprint density at radius 2 is 2.21 bits per heavy atom. The van der Waals surface area contributed by atoms with Crippen LogP contribution in [-0.2, 0) is 9.47 Å². The van der Waals surface area contributed by atoms with E-state index in [-0.39, 0.29) is 6.29 Å². The Bertz CT molecular complexity index is 166. The van der Waals surface area contributed by atoms with Crippen LogP contribution >= 0.6 is 0 Å². The first-order chi connectivity index (χ1) is 6.88. The van der Waals surface area contributed by atoms with E-state index in [9.17, 15) is 0 Å². The van der Waals surface area contributed by atoms with E-state index < -0.39 is 0 Å². The smallest absolute Gasteiger partial charge is 0.158 e. The summed E-state index contributed by atoms with van der Waals surface area (Å²) in [5.74, 6) is 0. The maximum Gasteiger partial charge on any atom is 0.158 e. The van der Waals surface area contributed by atoms with E-state index in [0.717, 1.165) is 39.2 Å². The Balaban J connectivity index is 1.58. The van der Waals surface area contributed by atoms with E-state index in [1.54, 1.807) is 0 Å². The second-order valence-electron chi connectivity index (χ2n) is 4.10. The molecule has 2 heterocycles. The van der Waals surface area contributed by atoms with Crippen LogP contribution in [0.15, 0.2) is 0 Å². The number of likely N-dealkylation sites (tertiary alicyclic amines) is 1. The number of ether oxygens (including phenoxy) is 2. The van der Waals surface area contributed by atoms with Crippen LogP contribution in [0.3, 0.4) is 0 Å². The summed E-state index contributed by atoms with van der Waals surface area (Å²) in [5.41, 5.74) is 5.46. The predicted octanol–water partition coefficient (Wildman–Crippen LogP) is 0.172. The van der Waals surface area contributed by atoms with Crippen molar-refractivity contribution in [1.82, 2.24) is 4.90 Å². The fraction of sp³-hybridized carbons (Fsp3) is 1.00. The highest BCUT2D eigenvalue weighted by molar-refractivity contribution is 4.81. The lowest BCUT2D eigenvalue weighted by molar-refractivity contribution is -0.212. The van der Waals surface area contributed by atoms with Crippen molar-refractivity contribution in [2.75, 3.05) is 32.8 Å². The Morgan fingerprint density at radius 1 is 1.36 bits per heavy atom. The first kappa shape index (κ1) is 10.4. The van der Waals surface area contributed by atoms with Crippen LogP contribution in [0.2, 0.25) is 0 Å². The second-order valence-corrected chi connectivity index (χ2v) is 4.10. The average Bonchev–Trinajstić information content (AvgIpc) is 2.16. The van der Waals surface area contributed by atoms with Crippen molar-refractivity contribution in [3.63, 3.8) is 0 Å². The van der Waals surface area contributed by atoms with Crippen LogP contribution in [0.25, 0.3) is 0 Å². The SMILES string of the molecule is NCCN1CC(OC2CCCCO2)C1. The topological polar surface area (TPSA) is 47.7 Å². The Hall–Kier alpha value is -0.160. The van der Waals surface area contributed by atoms with E-state index in [1.165, 1.54) is 12.8 Å². The van der Waals surface area contributed by atoms with E-state index in [4.69, 9.17) is 15.2 Å². The summed E-state index contributed by atoms with van der Waals surface area (Å²) in [6, 6.07) is 0. The lowest BCUT2D eigenvalue weighted by atomic mass is 10.1. The second kappa shape index (κ2) is 5.07. The molecule has 0 spiro atoms. The molecular weight excluding hydrogens is 180 g/mol. The summed E-state index contributed by atoms with van der Waals surface area (Å²) in [5, 5.41) is 0. The molecule has 2 N–H and O–H groups in total. The fourth-order valence-electron chi connectivity index (χ4n) is 2.01. The predicted molar refractivity (Wildman–Crippen MR) is 54.0 cm³/mol. The minimum atomic E-state index is 0.0637. The number of hydrogen-bond acceptors (Lipinski definition) is 4. The zero-order valence-corrected chi connectivity index (χ0v) is 8.65. The molecule has 1 atom stereocenters. The first-order valence-electron chi connectivity index (χ1n) is 5.58. The minimum absolute atomic E-state index is 0.0637. The Morgan fingerprint density at radius 3 is 2.86 bits per heavy atom. The summed E-state index contributed by atoms with van der Waals surface area (Å²) < 4.78 is 11.3. The van der Waals surface area contributed by atoms with Gasteiger partial charge in [0.25, 0.3) is 0 Å². The summed E-state index contributed by atoms with van der Waals surface area (Å²) >= 11 is 0. The molecule has 2 aliphatic heterocycles. The summed E-state index contributed by atoms with van der Waals surface area (Å²) in [6.07, 6.45) is 3.93. The zero-order valence-electron chi connectivity index (χ0n) is 8.65. The zero-order chi connectivity index (χ0) is 9.80. The van der Waals surface area contributed by atoms with Gasteiger partial charge in [-0.3, -0.25) is 4.90 Å². The van der Waals surface area contributed by atoms with E-state index in [1.807, 2.05) is 0 Å². The molecule has 0 amide bonds. The number of nitrogens with zero attached hydrogens (tertiary/aromatic N) is 1. The molecule has 14 heavy (non-hydrogen) atoms. The highest BCUT2D eigenvalue weighted by Crippen LogP contribution is 2.19. The van der Waals surface area contributed by atoms with E-state index >= 15 is 0 Å². The molecule has 0 bridgehead atoms. The minimum Gasteiger partial charge on any atom is -0.353 e. The summed E-state index contributed by atoms with van der Waals surface area (Å²) in [6.45, 7) is 4.65. The van der Waals surface area contributed by atoms with Crippen molar-refractivity contribution in [2.45, 2.75) is 31.7 Å². The van der Waals surface area contributed by atoms with Gasteiger partial charge in [0.1, 0.15) is 0 Å². The van der Waals surface area contributed by atoms with Crippen LogP contribution in [-0.4, -0.2) is 50.1 Å². The lowest BCUT2D eigenvalue weighted by Gasteiger charge is -2.40. The van der Waals surface area contributed by atoms with Gasteiger partial charge in [0.15, 0.2) is 6.29 Å². The van der Waals surface area contributed by atoms with E-state index in [0.29, 0.717) is 6.10 Å². The maximum atomic E-state index is 5.80. The quantitative estimate of drug-likeness (QED) is 0.703. The van der Waals surface area contributed by atoms with Crippen molar-refractivity contribution < 1.29 is 9.47 Å². The van der Waals surface area contributed by atoms with Crippen LogP contribution in [0.1, 0.15) is 19.3 Å². The fourth-order valence-corrected chi connectivity index (χ4v) is 2.01. The Kier molecular flexibility index (Phi) is 3.75. The van der Waals surface area contributed by atoms with Crippen molar-refractivity contribution in [3.8, 4) is 0 Å². The largest absolute Gasteiger partial charge is 0.353 e. The van der Waals surface area contributed by atoms with Crippen LogP contribution in [0.5, 0.6) is 0 Å². The molecule has 4 heteroatoms. The monoisotopic (exact) mass is 200 g/mol. The molecule has 0 aliphatic carbocycles. The van der Waals surface area contributed by atoms with Gasteiger partial charge in [0.2, 0.25) is 0 Å². The molecule has 2 fully saturated rings. The number of nitrogens with two attached hydrogens (primary N) is 1. The van der Waals surface area contributed by atoms with Gasteiger partial charge in [0.05, 0.1) is 6.10 Å². The van der Waals surface area contributed by atoms with Gasteiger partial charge < -0.3 is 15.2 Å². The van der Waals surface area contributed by atoms with Crippen molar-refractivity contribution in [2.24, 2.45) is 5.73 Å². The molecule has 0 saturated carbocycles. The molecular formula is C10H20N2O2. The van der Waals surface area contributed by atoms with Crippen molar-refractivity contribution in [1.29, 1.82) is 0 Å². The molecule has 82 valence electrons. The number of hydrogen-bond donors (Lipinski definition) is 1. The van der Waals surface area contributed by atoms with Crippen molar-refractivity contribution in [3.05, 3.63) is 0 Å². The standard InChI is InChI=1S/C10H20N2O2/c11-4-5-12-7-9(8-12)14-10-3-1-2-6-13-10/h9-10H,1-8,11H2. The van der Waals surface area contributed by atoms with Crippen LogP contribution in [0, 0.1) is 0 Å². The molecule has 2 rings (SSSR count). The highest BCUT2D eigenvalue weighted by atomic mass is 16.7. The molecule has 0 aromatic carbocycles. The Labute approximate surface area is 85.3 Å². The van der Waals surface area contributed by atoms with Gasteiger partial charge >= 0.3 is 0 Å². The first-order valence-corrected chi connectivity index (χ1v) is 5.58. The molecule has 0 aromatic rings. The van der Waals surface area contributed by atoms with Gasteiger partial charge in [-0.05, 0) is 19.3 Å². The normalized spacial score (nSPS) is 30.2. The number of rotatable bonds is 4. The summed E-state index contributed by atoms with van der Waals surface area (Å²) in [7, 11) is 0. The maximum absolute atomic E-state index is 5.80. The third kappa shape index (κ3) is 2.67. The summed E-state index contributed by atoms with van der Waals surface area (Å²) in [4.78, 5) is 2.31. The third-order valence-corrected chi connectivity index (χ3v) is 2.85. The molecule has 0 aromatic heterocycles. The molecule has 0 radical (unpaired) electrons. The van der Waals surface area contributed by atoms with Crippen LogP contribution < -0.4 is 5.73 Å². The molecule has 2 saturated heterocycles. The highest BCUT2D eigenvalue weighted by Gasteiger charge is 2.29. The van der Waals surface area contributed by atoms with Crippen molar-refractivity contribution >= 4 is 0 Å². The van der Waals surface area contributed by atoms with Gasteiger partial charge in [-0.1, -0.05) is 0 Å². The third-order valence-electron chi connectivity index (χ3n) is 2.85. The van der Waals surface area contributed by atoms with Gasteiger partial charge in [-0.15, -0.1) is 0 Å². The van der Waals surface area contributed by atoms with Gasteiger partial charge in [-0.25, -0.2) is 0 Å². The molecule has 4 nitrogen and oxygen atoms in total. The average molecular weight is 200 g/mol. The van der Waals surface area contributed by atoms with Crippen LogP contribution in [0.4, 0.5) is 0 Å². The van der Waals surface area contributed by atoms with E-state index in [2.05, 4.69) is 4.90 Å². The van der Waals surface area contributed by atoms with Gasteiger partial charge in [-0.2, -0.15) is 0 Å². The molecule has 1 unspecified atom stereocenters. The molecule has 2 aliphatic rings. The lowest BCUT2D eigenvalue weighted by Crippen LogP contribution is -2.54.